The first-order valence-corrected chi connectivity index (χ1v) is 5.74. The average Bonchev–Trinajstić information content (AvgIpc) is 2.42. The summed E-state index contributed by atoms with van der Waals surface area (Å²) >= 11 is 3.41. The van der Waals surface area contributed by atoms with E-state index in [4.69, 9.17) is 0 Å². The molecule has 0 saturated carbocycles. The minimum Gasteiger partial charge on any atom is -0.220 e. The predicted octanol–water partition coefficient (Wildman–Crippen LogP) is 3.08. The van der Waals surface area contributed by atoms with Gasteiger partial charge in [0.2, 0.25) is 0 Å². The molecule has 0 aliphatic rings. The molecule has 3 nitrogen and oxygen atoms in total. The van der Waals surface area contributed by atoms with Gasteiger partial charge in [0, 0.05) is 17.1 Å². The second kappa shape index (κ2) is 3.59. The van der Waals surface area contributed by atoms with E-state index in [0.717, 1.165) is 22.4 Å². The van der Waals surface area contributed by atoms with Gasteiger partial charge in [-0.2, -0.15) is 5.10 Å². The molecule has 0 unspecified atom stereocenters. The lowest BCUT2D eigenvalue weighted by Crippen LogP contribution is -2.10. The lowest BCUT2D eigenvalue weighted by Gasteiger charge is -2.14. The lowest BCUT2D eigenvalue weighted by molar-refractivity contribution is 0.401. The van der Waals surface area contributed by atoms with E-state index < -0.39 is 0 Å². The molecular formula is C11H14BrN3. The Hall–Kier alpha value is -0.900. The summed E-state index contributed by atoms with van der Waals surface area (Å²) in [7, 11) is 0. The molecule has 0 aliphatic heterocycles. The van der Waals surface area contributed by atoms with Crippen LogP contribution in [0.5, 0.6) is 0 Å². The lowest BCUT2D eigenvalue weighted by atomic mass is 9.92. The first-order chi connectivity index (χ1) is 6.94. The van der Waals surface area contributed by atoms with Crippen molar-refractivity contribution in [2.45, 2.75) is 27.2 Å². The number of nitrogens with zero attached hydrogens (tertiary/aromatic N) is 3. The maximum Gasteiger partial charge on any atom is 0.155 e. The van der Waals surface area contributed by atoms with Crippen molar-refractivity contribution in [1.82, 2.24) is 14.6 Å². The maximum absolute atomic E-state index is 4.47. The van der Waals surface area contributed by atoms with E-state index in [0.29, 0.717) is 0 Å². The summed E-state index contributed by atoms with van der Waals surface area (Å²) in [5.74, 6) is 0.903. The summed E-state index contributed by atoms with van der Waals surface area (Å²) in [5, 5.41) is 4.43. The number of rotatable bonds is 1. The smallest absolute Gasteiger partial charge is 0.155 e. The molecule has 0 saturated heterocycles. The van der Waals surface area contributed by atoms with Crippen LogP contribution in [0.1, 0.15) is 26.6 Å². The topological polar surface area (TPSA) is 30.2 Å². The average molecular weight is 268 g/mol. The third-order valence-electron chi connectivity index (χ3n) is 2.03. The highest BCUT2D eigenvalue weighted by molar-refractivity contribution is 9.10. The fourth-order valence-electron chi connectivity index (χ4n) is 1.45. The summed E-state index contributed by atoms with van der Waals surface area (Å²) < 4.78 is 2.83. The highest BCUT2D eigenvalue weighted by Gasteiger charge is 2.14. The summed E-state index contributed by atoms with van der Waals surface area (Å²) in [5.41, 5.74) is 1.12. The van der Waals surface area contributed by atoms with Gasteiger partial charge in [-0.25, -0.2) is 9.50 Å². The summed E-state index contributed by atoms with van der Waals surface area (Å²) in [4.78, 5) is 4.47. The van der Waals surface area contributed by atoms with Crippen molar-refractivity contribution in [3.8, 4) is 0 Å². The van der Waals surface area contributed by atoms with E-state index in [9.17, 15) is 0 Å². The van der Waals surface area contributed by atoms with E-state index in [1.807, 2.05) is 22.8 Å². The van der Waals surface area contributed by atoms with Gasteiger partial charge in [0.25, 0.3) is 0 Å². The fraction of sp³-hybridized carbons (Fsp3) is 0.455. The van der Waals surface area contributed by atoms with E-state index >= 15 is 0 Å². The predicted molar refractivity (Wildman–Crippen MR) is 63.8 cm³/mol. The molecule has 0 spiro atoms. The quantitative estimate of drug-likeness (QED) is 0.795. The van der Waals surface area contributed by atoms with Crippen molar-refractivity contribution in [3.63, 3.8) is 0 Å². The Kier molecular flexibility index (Phi) is 2.54. The van der Waals surface area contributed by atoms with Gasteiger partial charge < -0.3 is 0 Å². The maximum atomic E-state index is 4.47. The summed E-state index contributed by atoms with van der Waals surface area (Å²) in [6.07, 6.45) is 2.82. The monoisotopic (exact) mass is 267 g/mol. The fourth-order valence-corrected chi connectivity index (χ4v) is 1.78. The van der Waals surface area contributed by atoms with E-state index in [2.05, 4.69) is 46.8 Å². The van der Waals surface area contributed by atoms with Crippen LogP contribution in [-0.4, -0.2) is 14.6 Å². The Morgan fingerprint density at radius 3 is 2.73 bits per heavy atom. The van der Waals surface area contributed by atoms with Gasteiger partial charge in [0.1, 0.15) is 0 Å². The van der Waals surface area contributed by atoms with E-state index in [-0.39, 0.29) is 5.41 Å². The van der Waals surface area contributed by atoms with Crippen LogP contribution < -0.4 is 0 Å². The molecule has 0 aromatic carbocycles. The van der Waals surface area contributed by atoms with Gasteiger partial charge in [0.15, 0.2) is 11.5 Å². The van der Waals surface area contributed by atoms with Crippen LogP contribution in [0.25, 0.3) is 5.65 Å². The third-order valence-corrected chi connectivity index (χ3v) is 2.50. The second-order valence-corrected chi connectivity index (χ2v) is 5.83. The number of hydrogen-bond donors (Lipinski definition) is 0. The Morgan fingerprint density at radius 2 is 2.07 bits per heavy atom. The van der Waals surface area contributed by atoms with Crippen molar-refractivity contribution in [1.29, 1.82) is 0 Å². The normalized spacial score (nSPS) is 12.3. The minimum absolute atomic E-state index is 0.224. The van der Waals surface area contributed by atoms with Crippen LogP contribution in [0.3, 0.4) is 0 Å². The van der Waals surface area contributed by atoms with E-state index in [1.165, 1.54) is 0 Å². The molecule has 2 aromatic heterocycles. The number of hydrogen-bond acceptors (Lipinski definition) is 2. The Balaban J connectivity index is 2.39. The van der Waals surface area contributed by atoms with Crippen molar-refractivity contribution >= 4 is 21.6 Å². The van der Waals surface area contributed by atoms with Gasteiger partial charge >= 0.3 is 0 Å². The van der Waals surface area contributed by atoms with Crippen LogP contribution >= 0.6 is 15.9 Å². The molecule has 15 heavy (non-hydrogen) atoms. The summed E-state index contributed by atoms with van der Waals surface area (Å²) in [6.45, 7) is 6.57. The van der Waals surface area contributed by atoms with Crippen LogP contribution in [0.4, 0.5) is 0 Å². The highest BCUT2D eigenvalue weighted by Crippen LogP contribution is 2.19. The molecule has 0 atom stereocenters. The molecule has 0 bridgehead atoms. The van der Waals surface area contributed by atoms with Crippen LogP contribution in [0, 0.1) is 5.41 Å². The first kappa shape index (κ1) is 10.6. The molecule has 0 N–H and O–H groups in total. The zero-order chi connectivity index (χ0) is 11.1. The summed E-state index contributed by atoms with van der Waals surface area (Å²) in [6, 6.07) is 3.94. The molecule has 2 aromatic rings. The van der Waals surface area contributed by atoms with Gasteiger partial charge in [-0.1, -0.05) is 20.8 Å². The molecule has 0 radical (unpaired) electrons. The molecule has 0 fully saturated rings. The second-order valence-electron chi connectivity index (χ2n) is 4.92. The number of aromatic nitrogens is 3. The van der Waals surface area contributed by atoms with Crippen LogP contribution in [0.2, 0.25) is 0 Å². The Bertz CT molecular complexity index is 482. The van der Waals surface area contributed by atoms with Gasteiger partial charge in [-0.15, -0.1) is 0 Å². The minimum atomic E-state index is 0.224. The van der Waals surface area contributed by atoms with Crippen LogP contribution in [0.15, 0.2) is 22.8 Å². The first-order valence-electron chi connectivity index (χ1n) is 4.95. The van der Waals surface area contributed by atoms with Gasteiger partial charge in [0.05, 0.1) is 0 Å². The van der Waals surface area contributed by atoms with Crippen molar-refractivity contribution in [2.24, 2.45) is 5.41 Å². The van der Waals surface area contributed by atoms with Gasteiger partial charge in [-0.05, 0) is 33.5 Å². The van der Waals surface area contributed by atoms with Gasteiger partial charge in [-0.3, -0.25) is 0 Å². The highest BCUT2D eigenvalue weighted by atomic mass is 79.9. The molecule has 2 heterocycles. The number of fused-ring (bicyclic) bond motifs is 1. The van der Waals surface area contributed by atoms with E-state index in [1.54, 1.807) is 0 Å². The van der Waals surface area contributed by atoms with Crippen molar-refractivity contribution in [3.05, 3.63) is 28.6 Å². The SMILES string of the molecule is CC(C)(C)Cc1nc2ccc(Br)cn2n1. The molecule has 4 heteroatoms. The standard InChI is InChI=1S/C11H14BrN3/c1-11(2,3)6-9-13-10-5-4-8(12)7-15(10)14-9/h4-5,7H,6H2,1-3H3. The Morgan fingerprint density at radius 1 is 1.33 bits per heavy atom. The third kappa shape index (κ3) is 2.56. The molecule has 0 aliphatic carbocycles. The molecular weight excluding hydrogens is 254 g/mol. The van der Waals surface area contributed by atoms with Crippen molar-refractivity contribution < 1.29 is 0 Å². The molecule has 2 rings (SSSR count). The zero-order valence-electron chi connectivity index (χ0n) is 9.16. The molecule has 0 amide bonds. The largest absolute Gasteiger partial charge is 0.220 e. The zero-order valence-corrected chi connectivity index (χ0v) is 10.7. The number of pyridine rings is 1. The Labute approximate surface area is 97.6 Å². The number of halogens is 1. The molecule has 80 valence electrons. The van der Waals surface area contributed by atoms with Crippen molar-refractivity contribution in [2.75, 3.05) is 0 Å². The van der Waals surface area contributed by atoms with Crippen LogP contribution in [-0.2, 0) is 6.42 Å².